The van der Waals surface area contributed by atoms with Gasteiger partial charge in [-0.15, -0.1) is 0 Å². The van der Waals surface area contributed by atoms with Gasteiger partial charge in [0.05, 0.1) is 6.54 Å². The molecule has 21 heavy (non-hydrogen) atoms. The van der Waals surface area contributed by atoms with Gasteiger partial charge in [-0.2, -0.15) is 0 Å². The van der Waals surface area contributed by atoms with Crippen LogP contribution in [-0.2, 0) is 4.79 Å². The molecular formula is C15H22N4O2. The topological polar surface area (TPSA) is 58.6 Å². The van der Waals surface area contributed by atoms with E-state index < -0.39 is 0 Å². The molecule has 0 spiro atoms. The number of carbonyl (C=O) groups excluding carboxylic acids is 1. The number of anilines is 1. The van der Waals surface area contributed by atoms with Crippen molar-refractivity contribution in [2.24, 2.45) is 5.92 Å². The molecule has 1 aliphatic heterocycles. The standard InChI is InChI=1S/C15H22N4O2/c1-18(2)13-8-14(17-10-16-13)21-12-6-7-19(9-12)15(20)11-4-3-5-11/h8,10-12H,3-7,9H2,1-2H3/t12-/m1/s1. The van der Waals surface area contributed by atoms with Gasteiger partial charge in [-0.3, -0.25) is 4.79 Å². The van der Waals surface area contributed by atoms with Crippen LogP contribution in [0.2, 0.25) is 0 Å². The molecule has 1 aromatic heterocycles. The van der Waals surface area contributed by atoms with Gasteiger partial charge in [0.2, 0.25) is 11.8 Å². The van der Waals surface area contributed by atoms with Crippen LogP contribution in [0.5, 0.6) is 5.88 Å². The number of likely N-dealkylation sites (tertiary alicyclic amines) is 1. The van der Waals surface area contributed by atoms with Crippen LogP contribution in [0.1, 0.15) is 25.7 Å². The first-order valence-electron chi connectivity index (χ1n) is 7.58. The van der Waals surface area contributed by atoms with Gasteiger partial charge in [-0.05, 0) is 12.8 Å². The second kappa shape index (κ2) is 5.87. The first kappa shape index (κ1) is 14.1. The maximum Gasteiger partial charge on any atom is 0.225 e. The van der Waals surface area contributed by atoms with E-state index in [0.717, 1.165) is 31.6 Å². The summed E-state index contributed by atoms with van der Waals surface area (Å²) in [5.41, 5.74) is 0. The number of rotatable bonds is 4. The van der Waals surface area contributed by atoms with E-state index in [1.165, 1.54) is 12.7 Å². The zero-order valence-electron chi connectivity index (χ0n) is 12.7. The number of ether oxygens (including phenoxy) is 1. The number of carbonyl (C=O) groups is 1. The number of nitrogens with zero attached hydrogens (tertiary/aromatic N) is 4. The summed E-state index contributed by atoms with van der Waals surface area (Å²) >= 11 is 0. The Balaban J connectivity index is 1.57. The van der Waals surface area contributed by atoms with E-state index in [0.29, 0.717) is 18.3 Å². The number of aromatic nitrogens is 2. The van der Waals surface area contributed by atoms with Crippen molar-refractivity contribution >= 4 is 11.7 Å². The Morgan fingerprint density at radius 1 is 1.33 bits per heavy atom. The Hall–Kier alpha value is -1.85. The van der Waals surface area contributed by atoms with E-state index in [2.05, 4.69) is 9.97 Å². The normalized spacial score (nSPS) is 22.0. The predicted octanol–water partition coefficient (Wildman–Crippen LogP) is 1.32. The minimum absolute atomic E-state index is 0.0407. The summed E-state index contributed by atoms with van der Waals surface area (Å²) in [4.78, 5) is 24.4. The summed E-state index contributed by atoms with van der Waals surface area (Å²) in [5, 5.41) is 0. The molecule has 0 aromatic carbocycles. The zero-order chi connectivity index (χ0) is 14.8. The van der Waals surface area contributed by atoms with Gasteiger partial charge in [-0.25, -0.2) is 9.97 Å². The highest BCUT2D eigenvalue weighted by molar-refractivity contribution is 5.79. The molecule has 0 N–H and O–H groups in total. The lowest BCUT2D eigenvalue weighted by atomic mass is 9.84. The summed E-state index contributed by atoms with van der Waals surface area (Å²) in [5.74, 6) is 1.98. The van der Waals surface area contributed by atoms with Crippen LogP contribution >= 0.6 is 0 Å². The average molecular weight is 290 g/mol. The quantitative estimate of drug-likeness (QED) is 0.837. The van der Waals surface area contributed by atoms with Crippen molar-refractivity contribution < 1.29 is 9.53 Å². The average Bonchev–Trinajstić information content (AvgIpc) is 2.85. The van der Waals surface area contributed by atoms with E-state index in [1.807, 2.05) is 30.0 Å². The maximum atomic E-state index is 12.2. The van der Waals surface area contributed by atoms with E-state index in [-0.39, 0.29) is 12.0 Å². The van der Waals surface area contributed by atoms with Crippen molar-refractivity contribution in [3.8, 4) is 5.88 Å². The van der Waals surface area contributed by atoms with Gasteiger partial charge in [-0.1, -0.05) is 6.42 Å². The molecule has 0 bridgehead atoms. The Labute approximate surface area is 125 Å². The Morgan fingerprint density at radius 2 is 2.14 bits per heavy atom. The Kier molecular flexibility index (Phi) is 3.94. The summed E-state index contributed by atoms with van der Waals surface area (Å²) in [6.07, 6.45) is 5.73. The second-order valence-electron chi connectivity index (χ2n) is 6.05. The van der Waals surface area contributed by atoms with Crippen molar-refractivity contribution in [2.45, 2.75) is 31.8 Å². The predicted molar refractivity (Wildman–Crippen MR) is 79.3 cm³/mol. The molecule has 0 unspecified atom stereocenters. The lowest BCUT2D eigenvalue weighted by Gasteiger charge is -2.29. The molecule has 6 nitrogen and oxygen atoms in total. The molecule has 1 saturated heterocycles. The van der Waals surface area contributed by atoms with Gasteiger partial charge >= 0.3 is 0 Å². The molecule has 3 rings (SSSR count). The highest BCUT2D eigenvalue weighted by Crippen LogP contribution is 2.30. The fourth-order valence-electron chi connectivity index (χ4n) is 2.75. The van der Waals surface area contributed by atoms with Crippen LogP contribution < -0.4 is 9.64 Å². The smallest absolute Gasteiger partial charge is 0.225 e. The van der Waals surface area contributed by atoms with Crippen LogP contribution in [0.4, 0.5) is 5.82 Å². The van der Waals surface area contributed by atoms with Crippen LogP contribution in [0, 0.1) is 5.92 Å². The lowest BCUT2D eigenvalue weighted by Crippen LogP contribution is -2.38. The van der Waals surface area contributed by atoms with Gasteiger partial charge in [0.15, 0.2) is 0 Å². The Morgan fingerprint density at radius 3 is 2.81 bits per heavy atom. The van der Waals surface area contributed by atoms with Crippen LogP contribution in [0.25, 0.3) is 0 Å². The number of hydrogen-bond acceptors (Lipinski definition) is 5. The minimum Gasteiger partial charge on any atom is -0.472 e. The molecule has 0 radical (unpaired) electrons. The number of hydrogen-bond donors (Lipinski definition) is 0. The summed E-state index contributed by atoms with van der Waals surface area (Å²) in [6, 6.07) is 1.83. The van der Waals surface area contributed by atoms with Crippen LogP contribution in [-0.4, -0.2) is 54.1 Å². The molecule has 2 heterocycles. The molecule has 1 saturated carbocycles. The van der Waals surface area contributed by atoms with E-state index in [1.54, 1.807) is 0 Å². The summed E-state index contributed by atoms with van der Waals surface area (Å²) in [7, 11) is 3.86. The summed E-state index contributed by atoms with van der Waals surface area (Å²) < 4.78 is 5.91. The molecule has 1 atom stereocenters. The monoisotopic (exact) mass is 290 g/mol. The van der Waals surface area contributed by atoms with Gasteiger partial charge in [0, 0.05) is 39.0 Å². The third-order valence-corrected chi connectivity index (χ3v) is 4.28. The Bertz CT molecular complexity index is 516. The fourth-order valence-corrected chi connectivity index (χ4v) is 2.75. The van der Waals surface area contributed by atoms with Crippen LogP contribution in [0.15, 0.2) is 12.4 Å². The zero-order valence-corrected chi connectivity index (χ0v) is 12.7. The van der Waals surface area contributed by atoms with Crippen molar-refractivity contribution in [2.75, 3.05) is 32.1 Å². The number of amides is 1. The highest BCUT2D eigenvalue weighted by atomic mass is 16.5. The van der Waals surface area contributed by atoms with Crippen molar-refractivity contribution in [1.82, 2.24) is 14.9 Å². The van der Waals surface area contributed by atoms with Gasteiger partial charge in [0.25, 0.3) is 0 Å². The molecule has 2 aliphatic rings. The third-order valence-electron chi connectivity index (χ3n) is 4.28. The van der Waals surface area contributed by atoms with Crippen LogP contribution in [0.3, 0.4) is 0 Å². The molecule has 1 aromatic rings. The first-order valence-corrected chi connectivity index (χ1v) is 7.58. The van der Waals surface area contributed by atoms with Gasteiger partial charge < -0.3 is 14.5 Å². The molecule has 1 amide bonds. The fraction of sp³-hybridized carbons (Fsp3) is 0.667. The third kappa shape index (κ3) is 3.09. The molecule has 2 fully saturated rings. The summed E-state index contributed by atoms with van der Waals surface area (Å²) in [6.45, 7) is 1.47. The molecule has 114 valence electrons. The molecule has 1 aliphatic carbocycles. The van der Waals surface area contributed by atoms with Crippen molar-refractivity contribution in [1.29, 1.82) is 0 Å². The minimum atomic E-state index is 0.0407. The lowest BCUT2D eigenvalue weighted by molar-refractivity contribution is -0.137. The highest BCUT2D eigenvalue weighted by Gasteiger charge is 2.34. The second-order valence-corrected chi connectivity index (χ2v) is 6.05. The SMILES string of the molecule is CN(C)c1cc(O[C@@H]2CCN(C(=O)C3CCC3)C2)ncn1. The van der Waals surface area contributed by atoms with Crippen molar-refractivity contribution in [3.05, 3.63) is 12.4 Å². The maximum absolute atomic E-state index is 12.2. The molecule has 6 heteroatoms. The molecular weight excluding hydrogens is 268 g/mol. The van der Waals surface area contributed by atoms with E-state index in [4.69, 9.17) is 4.74 Å². The van der Waals surface area contributed by atoms with Crippen molar-refractivity contribution in [3.63, 3.8) is 0 Å². The first-order chi connectivity index (χ1) is 10.1. The van der Waals surface area contributed by atoms with E-state index >= 15 is 0 Å². The van der Waals surface area contributed by atoms with Gasteiger partial charge in [0.1, 0.15) is 18.2 Å². The van der Waals surface area contributed by atoms with E-state index in [9.17, 15) is 4.79 Å². The largest absolute Gasteiger partial charge is 0.472 e.